The Morgan fingerprint density at radius 1 is 1.03 bits per heavy atom. The van der Waals surface area contributed by atoms with Crippen LogP contribution < -0.4 is 16.6 Å². The van der Waals surface area contributed by atoms with E-state index in [9.17, 15) is 13.2 Å². The molecule has 0 aliphatic rings. The number of pyridine rings is 1. The quantitative estimate of drug-likeness (QED) is 0.287. The SMILES string of the molecule is [C-]#[N+]c1cnc(N)nc1N[C@@H](C)c1cc2cccc(-c3cccc(S(C)(=O)=O)c3)c2c(=O)n1-c1ccccc1. The largest absolute Gasteiger partial charge is 0.371 e. The monoisotopic (exact) mass is 536 g/mol. The molecule has 10 heteroatoms. The number of aromatic nitrogens is 3. The Kier molecular flexibility index (Phi) is 6.60. The molecule has 0 fully saturated rings. The normalized spacial score (nSPS) is 12.1. The lowest BCUT2D eigenvalue weighted by molar-refractivity contribution is 0.602. The number of nitrogens with two attached hydrogens (primary N) is 1. The molecule has 0 aliphatic carbocycles. The van der Waals surface area contributed by atoms with Gasteiger partial charge in [0.15, 0.2) is 9.84 Å². The average molecular weight is 537 g/mol. The predicted molar refractivity (Wildman–Crippen MR) is 153 cm³/mol. The molecule has 1 atom stereocenters. The predicted octanol–water partition coefficient (Wildman–Crippen LogP) is 5.16. The molecule has 5 aromatic rings. The highest BCUT2D eigenvalue weighted by molar-refractivity contribution is 7.90. The minimum Gasteiger partial charge on any atom is -0.371 e. The van der Waals surface area contributed by atoms with Crippen LogP contribution in [0.4, 0.5) is 17.5 Å². The summed E-state index contributed by atoms with van der Waals surface area (Å²) in [5, 5.41) is 4.36. The number of para-hydroxylation sites is 1. The van der Waals surface area contributed by atoms with Crippen LogP contribution in [0.5, 0.6) is 0 Å². The van der Waals surface area contributed by atoms with Crippen molar-refractivity contribution in [2.24, 2.45) is 0 Å². The number of nitrogens with one attached hydrogen (secondary N) is 1. The minimum atomic E-state index is -3.44. The summed E-state index contributed by atoms with van der Waals surface area (Å²) in [6.07, 6.45) is 2.51. The van der Waals surface area contributed by atoms with Gasteiger partial charge in [0.2, 0.25) is 11.6 Å². The smallest absolute Gasteiger partial charge is 0.263 e. The summed E-state index contributed by atoms with van der Waals surface area (Å²) in [5.41, 5.74) is 8.24. The number of nitrogen functional groups attached to an aromatic ring is 1. The summed E-state index contributed by atoms with van der Waals surface area (Å²) in [7, 11) is -3.44. The van der Waals surface area contributed by atoms with Crippen molar-refractivity contribution >= 4 is 38.1 Å². The Hall–Kier alpha value is -5.01. The molecule has 0 radical (unpaired) electrons. The third-order valence-corrected chi connectivity index (χ3v) is 7.48. The van der Waals surface area contributed by atoms with E-state index in [2.05, 4.69) is 20.1 Å². The maximum absolute atomic E-state index is 14.3. The number of sulfone groups is 1. The van der Waals surface area contributed by atoms with Gasteiger partial charge < -0.3 is 11.1 Å². The number of hydrogen-bond donors (Lipinski definition) is 2. The highest BCUT2D eigenvalue weighted by Gasteiger charge is 2.20. The highest BCUT2D eigenvalue weighted by Crippen LogP contribution is 2.32. The van der Waals surface area contributed by atoms with Crippen molar-refractivity contribution in [1.29, 1.82) is 0 Å². The molecule has 0 saturated heterocycles. The maximum atomic E-state index is 14.3. The molecule has 194 valence electrons. The third kappa shape index (κ3) is 4.95. The average Bonchev–Trinajstić information content (AvgIpc) is 2.93. The van der Waals surface area contributed by atoms with Crippen molar-refractivity contribution in [3.63, 3.8) is 0 Å². The number of hydrogen-bond acceptors (Lipinski definition) is 7. The zero-order valence-electron chi connectivity index (χ0n) is 21.2. The first-order chi connectivity index (χ1) is 18.7. The Morgan fingerprint density at radius 3 is 2.49 bits per heavy atom. The van der Waals surface area contributed by atoms with E-state index in [1.807, 2.05) is 61.5 Å². The van der Waals surface area contributed by atoms with Gasteiger partial charge in [-0.3, -0.25) is 9.36 Å². The van der Waals surface area contributed by atoms with Crippen molar-refractivity contribution in [2.45, 2.75) is 17.9 Å². The fourth-order valence-corrected chi connectivity index (χ4v) is 5.20. The van der Waals surface area contributed by atoms with Gasteiger partial charge in [-0.15, -0.1) is 0 Å². The van der Waals surface area contributed by atoms with E-state index in [0.29, 0.717) is 33.3 Å². The zero-order chi connectivity index (χ0) is 27.7. The van der Waals surface area contributed by atoms with Crippen LogP contribution in [0.3, 0.4) is 0 Å². The lowest BCUT2D eigenvalue weighted by Gasteiger charge is -2.22. The van der Waals surface area contributed by atoms with Gasteiger partial charge in [0.05, 0.1) is 22.9 Å². The fourth-order valence-electron chi connectivity index (χ4n) is 4.54. The van der Waals surface area contributed by atoms with Gasteiger partial charge in [0.1, 0.15) is 5.82 Å². The van der Waals surface area contributed by atoms with Crippen LogP contribution in [0.1, 0.15) is 18.7 Å². The Labute approximate surface area is 225 Å². The molecular weight excluding hydrogens is 512 g/mol. The van der Waals surface area contributed by atoms with Crippen LogP contribution in [0.25, 0.3) is 32.4 Å². The van der Waals surface area contributed by atoms with Crippen molar-refractivity contribution in [1.82, 2.24) is 14.5 Å². The van der Waals surface area contributed by atoms with E-state index in [4.69, 9.17) is 12.3 Å². The zero-order valence-corrected chi connectivity index (χ0v) is 22.0. The Morgan fingerprint density at radius 2 is 1.77 bits per heavy atom. The van der Waals surface area contributed by atoms with Crippen molar-refractivity contribution in [3.8, 4) is 16.8 Å². The number of nitrogens with zero attached hydrogens (tertiary/aromatic N) is 4. The molecule has 9 nitrogen and oxygen atoms in total. The molecule has 5 rings (SSSR count). The number of rotatable bonds is 6. The van der Waals surface area contributed by atoms with E-state index in [1.54, 1.807) is 22.8 Å². The van der Waals surface area contributed by atoms with Gasteiger partial charge in [-0.25, -0.2) is 23.2 Å². The van der Waals surface area contributed by atoms with E-state index in [1.165, 1.54) is 12.3 Å². The number of anilines is 2. The molecule has 0 unspecified atom stereocenters. The summed E-state index contributed by atoms with van der Waals surface area (Å²) >= 11 is 0. The van der Waals surface area contributed by atoms with Gasteiger partial charge >= 0.3 is 0 Å². The molecule has 2 aromatic heterocycles. The van der Waals surface area contributed by atoms with Crippen molar-refractivity contribution in [2.75, 3.05) is 17.3 Å². The second kappa shape index (κ2) is 10.0. The van der Waals surface area contributed by atoms with Gasteiger partial charge in [-0.2, -0.15) is 0 Å². The fraction of sp³-hybridized carbons (Fsp3) is 0.103. The maximum Gasteiger partial charge on any atom is 0.263 e. The van der Waals surface area contributed by atoms with Crippen LogP contribution >= 0.6 is 0 Å². The van der Waals surface area contributed by atoms with Crippen LogP contribution in [0.15, 0.2) is 94.7 Å². The molecular formula is C29H24N6O3S. The lowest BCUT2D eigenvalue weighted by atomic mass is 9.98. The van der Waals surface area contributed by atoms with Crippen LogP contribution in [-0.2, 0) is 9.84 Å². The molecule has 0 saturated carbocycles. The van der Waals surface area contributed by atoms with E-state index in [0.717, 1.165) is 6.26 Å². The summed E-state index contributed by atoms with van der Waals surface area (Å²) in [5.74, 6) is 0.292. The Bertz CT molecular complexity index is 1930. The molecule has 0 spiro atoms. The first-order valence-electron chi connectivity index (χ1n) is 12.0. The van der Waals surface area contributed by atoms with Gasteiger partial charge in [0.25, 0.3) is 5.56 Å². The molecule has 3 N–H and O–H groups in total. The lowest BCUT2D eigenvalue weighted by Crippen LogP contribution is -2.26. The second-order valence-corrected chi connectivity index (χ2v) is 11.1. The van der Waals surface area contributed by atoms with E-state index < -0.39 is 15.9 Å². The van der Waals surface area contributed by atoms with Gasteiger partial charge in [-0.1, -0.05) is 48.5 Å². The molecule has 0 aliphatic heterocycles. The van der Waals surface area contributed by atoms with E-state index >= 15 is 0 Å². The van der Waals surface area contributed by atoms with Crippen LogP contribution in [-0.4, -0.2) is 29.2 Å². The second-order valence-electron chi connectivity index (χ2n) is 9.05. The summed E-state index contributed by atoms with van der Waals surface area (Å²) in [4.78, 5) is 26.0. The summed E-state index contributed by atoms with van der Waals surface area (Å²) in [6, 6.07) is 22.8. The molecule has 0 bridgehead atoms. The summed E-state index contributed by atoms with van der Waals surface area (Å²) < 4.78 is 26.0. The molecule has 39 heavy (non-hydrogen) atoms. The third-order valence-electron chi connectivity index (χ3n) is 6.37. The topological polar surface area (TPSA) is 124 Å². The Balaban J connectivity index is 1.76. The number of benzene rings is 3. The van der Waals surface area contributed by atoms with Crippen LogP contribution in [0, 0.1) is 6.57 Å². The summed E-state index contributed by atoms with van der Waals surface area (Å²) in [6.45, 7) is 9.32. The first-order valence-corrected chi connectivity index (χ1v) is 13.9. The van der Waals surface area contributed by atoms with Gasteiger partial charge in [-0.05, 0) is 53.8 Å². The number of fused-ring (bicyclic) bond motifs is 1. The highest BCUT2D eigenvalue weighted by atomic mass is 32.2. The molecule has 2 heterocycles. The van der Waals surface area contributed by atoms with Crippen LogP contribution in [0.2, 0.25) is 0 Å². The van der Waals surface area contributed by atoms with Crippen molar-refractivity contribution in [3.05, 3.63) is 113 Å². The van der Waals surface area contributed by atoms with E-state index in [-0.39, 0.29) is 27.9 Å². The molecule has 3 aromatic carbocycles. The van der Waals surface area contributed by atoms with Crippen molar-refractivity contribution < 1.29 is 8.42 Å². The first kappa shape index (κ1) is 25.6. The molecule has 0 amide bonds. The standard InChI is InChI=1S/C29H24N6O3S/c1-18(33-27-24(31-2)17-32-29(30)34-27)25-16-20-10-8-14-23(19-9-7-13-22(15-19)39(3,37)38)26(20)28(36)35(25)21-11-5-4-6-12-21/h4-18H,1,3H3,(H3,30,32,33,34)/t18-/m0/s1. The van der Waals surface area contributed by atoms with Gasteiger partial charge in [0, 0.05) is 23.8 Å². The minimum absolute atomic E-state index is 0.0250.